The predicted molar refractivity (Wildman–Crippen MR) is 61.0 cm³/mol. The highest BCUT2D eigenvalue weighted by Crippen LogP contribution is 2.21. The lowest BCUT2D eigenvalue weighted by Crippen LogP contribution is -1.92. The molecule has 0 heterocycles. The van der Waals surface area contributed by atoms with Gasteiger partial charge in [-0.2, -0.15) is 17.0 Å². The number of nitriles is 1. The minimum Gasteiger partial charge on any atom is -0.495 e. The van der Waals surface area contributed by atoms with Crippen molar-refractivity contribution < 1.29 is 9.84 Å². The summed E-state index contributed by atoms with van der Waals surface area (Å²) >= 11 is 1.65. The van der Waals surface area contributed by atoms with Crippen molar-refractivity contribution in [2.75, 3.05) is 19.5 Å². The third-order valence-electron chi connectivity index (χ3n) is 1.89. The van der Waals surface area contributed by atoms with Crippen LogP contribution in [0.25, 0.3) is 0 Å². The van der Waals surface area contributed by atoms with Crippen molar-refractivity contribution in [1.29, 1.82) is 5.26 Å². The summed E-state index contributed by atoms with van der Waals surface area (Å²) in [6, 6.07) is 7.60. The van der Waals surface area contributed by atoms with Crippen LogP contribution < -0.4 is 4.74 Å². The maximum Gasteiger partial charge on any atom is 0.136 e. The third kappa shape index (κ3) is 3.46. The van der Waals surface area contributed by atoms with Gasteiger partial charge in [-0.15, -0.1) is 0 Å². The van der Waals surface area contributed by atoms with E-state index in [4.69, 9.17) is 15.1 Å². The van der Waals surface area contributed by atoms with Crippen LogP contribution in [0.1, 0.15) is 11.1 Å². The third-order valence-corrected chi connectivity index (χ3v) is 2.90. The Hall–Kier alpha value is -1.18. The van der Waals surface area contributed by atoms with Gasteiger partial charge in [0, 0.05) is 11.5 Å². The Labute approximate surface area is 93.7 Å². The van der Waals surface area contributed by atoms with Crippen molar-refractivity contribution in [3.05, 3.63) is 29.3 Å². The quantitative estimate of drug-likeness (QED) is 0.773. The Kier molecular flexibility index (Phi) is 5.02. The molecule has 0 radical (unpaired) electrons. The number of aliphatic hydroxyl groups is 1. The van der Waals surface area contributed by atoms with E-state index in [2.05, 4.69) is 6.07 Å². The van der Waals surface area contributed by atoms with Gasteiger partial charge in [-0.3, -0.25) is 0 Å². The maximum absolute atomic E-state index is 8.79. The molecule has 0 unspecified atom stereocenters. The van der Waals surface area contributed by atoms with Crippen molar-refractivity contribution in [3.8, 4) is 11.8 Å². The van der Waals surface area contributed by atoms with Crippen LogP contribution in [0.15, 0.2) is 18.2 Å². The molecular weight excluding hydrogens is 210 g/mol. The minimum absolute atomic E-state index is 0.193. The maximum atomic E-state index is 8.79. The highest BCUT2D eigenvalue weighted by atomic mass is 32.2. The van der Waals surface area contributed by atoms with E-state index >= 15 is 0 Å². The SMILES string of the molecule is COc1cc(CSCCO)ccc1C#N. The first-order chi connectivity index (χ1) is 7.31. The Morgan fingerprint density at radius 2 is 2.33 bits per heavy atom. The minimum atomic E-state index is 0.193. The fourth-order valence-electron chi connectivity index (χ4n) is 1.17. The van der Waals surface area contributed by atoms with Gasteiger partial charge in [0.2, 0.25) is 0 Å². The number of methoxy groups -OCH3 is 1. The standard InChI is InChI=1S/C11H13NO2S/c1-14-11-6-9(8-15-5-4-13)2-3-10(11)7-12/h2-3,6,13H,4-5,8H2,1H3. The Balaban J connectivity index is 2.71. The average molecular weight is 223 g/mol. The second-order valence-electron chi connectivity index (χ2n) is 2.92. The van der Waals surface area contributed by atoms with E-state index in [9.17, 15) is 0 Å². The Bertz CT molecular complexity index is 360. The van der Waals surface area contributed by atoms with Crippen molar-refractivity contribution in [1.82, 2.24) is 0 Å². The van der Waals surface area contributed by atoms with Crippen molar-refractivity contribution in [3.63, 3.8) is 0 Å². The van der Waals surface area contributed by atoms with E-state index < -0.39 is 0 Å². The lowest BCUT2D eigenvalue weighted by Gasteiger charge is -2.05. The molecule has 0 spiro atoms. The van der Waals surface area contributed by atoms with E-state index in [1.54, 1.807) is 24.9 Å². The number of nitrogens with zero attached hydrogens (tertiary/aromatic N) is 1. The number of rotatable bonds is 5. The number of aliphatic hydroxyl groups excluding tert-OH is 1. The highest BCUT2D eigenvalue weighted by molar-refractivity contribution is 7.98. The first kappa shape index (κ1) is 11.9. The molecule has 0 aliphatic heterocycles. The molecular formula is C11H13NO2S. The molecule has 3 nitrogen and oxygen atoms in total. The Morgan fingerprint density at radius 1 is 1.53 bits per heavy atom. The molecule has 0 aliphatic carbocycles. The topological polar surface area (TPSA) is 53.2 Å². The molecule has 0 fully saturated rings. The normalized spacial score (nSPS) is 9.67. The Morgan fingerprint density at radius 3 is 2.93 bits per heavy atom. The van der Waals surface area contributed by atoms with Gasteiger partial charge >= 0.3 is 0 Å². The van der Waals surface area contributed by atoms with E-state index in [0.29, 0.717) is 11.3 Å². The number of hydrogen-bond acceptors (Lipinski definition) is 4. The summed E-state index contributed by atoms with van der Waals surface area (Å²) in [5.74, 6) is 2.16. The predicted octanol–water partition coefficient (Wildman–Crippen LogP) is 1.79. The zero-order valence-corrected chi connectivity index (χ0v) is 9.38. The fourth-order valence-corrected chi connectivity index (χ4v) is 1.86. The van der Waals surface area contributed by atoms with Gasteiger partial charge in [-0.05, 0) is 17.7 Å². The monoisotopic (exact) mass is 223 g/mol. The summed E-state index contributed by atoms with van der Waals surface area (Å²) in [7, 11) is 1.56. The molecule has 1 N–H and O–H groups in total. The molecule has 1 aromatic rings. The lowest BCUT2D eigenvalue weighted by atomic mass is 10.1. The van der Waals surface area contributed by atoms with Crippen LogP contribution in [0.5, 0.6) is 5.75 Å². The smallest absolute Gasteiger partial charge is 0.136 e. The molecule has 15 heavy (non-hydrogen) atoms. The van der Waals surface area contributed by atoms with Crippen molar-refractivity contribution >= 4 is 11.8 Å². The molecule has 0 atom stereocenters. The van der Waals surface area contributed by atoms with Crippen LogP contribution in [-0.2, 0) is 5.75 Å². The summed E-state index contributed by atoms with van der Waals surface area (Å²) in [5, 5.41) is 17.4. The van der Waals surface area contributed by atoms with Gasteiger partial charge in [-0.1, -0.05) is 6.07 Å². The van der Waals surface area contributed by atoms with Gasteiger partial charge in [-0.25, -0.2) is 0 Å². The highest BCUT2D eigenvalue weighted by Gasteiger charge is 2.03. The number of hydrogen-bond donors (Lipinski definition) is 1. The fraction of sp³-hybridized carbons (Fsp3) is 0.364. The zero-order chi connectivity index (χ0) is 11.1. The van der Waals surface area contributed by atoms with Crippen molar-refractivity contribution in [2.24, 2.45) is 0 Å². The van der Waals surface area contributed by atoms with E-state index in [-0.39, 0.29) is 6.61 Å². The number of benzene rings is 1. The summed E-state index contributed by atoms with van der Waals surface area (Å²) in [6.07, 6.45) is 0. The van der Waals surface area contributed by atoms with E-state index in [1.165, 1.54) is 0 Å². The summed E-state index contributed by atoms with van der Waals surface area (Å²) < 4.78 is 5.10. The van der Waals surface area contributed by atoms with Gasteiger partial charge in [0.05, 0.1) is 19.3 Å². The van der Waals surface area contributed by atoms with Crippen LogP contribution in [0, 0.1) is 11.3 Å². The second-order valence-corrected chi connectivity index (χ2v) is 4.03. The molecule has 0 bridgehead atoms. The van der Waals surface area contributed by atoms with Gasteiger partial charge in [0.1, 0.15) is 11.8 Å². The van der Waals surface area contributed by atoms with Crippen LogP contribution >= 0.6 is 11.8 Å². The molecule has 0 aromatic heterocycles. The van der Waals surface area contributed by atoms with E-state index in [0.717, 1.165) is 17.1 Å². The van der Waals surface area contributed by atoms with Crippen LogP contribution in [-0.4, -0.2) is 24.6 Å². The molecule has 1 aromatic carbocycles. The summed E-state index contributed by atoms with van der Waals surface area (Å²) in [6.45, 7) is 0.193. The molecule has 0 saturated carbocycles. The van der Waals surface area contributed by atoms with Crippen LogP contribution in [0.2, 0.25) is 0 Å². The van der Waals surface area contributed by atoms with Gasteiger partial charge in [0.15, 0.2) is 0 Å². The zero-order valence-electron chi connectivity index (χ0n) is 8.56. The molecule has 80 valence electrons. The summed E-state index contributed by atoms with van der Waals surface area (Å²) in [4.78, 5) is 0. The second kappa shape index (κ2) is 6.33. The molecule has 4 heteroatoms. The van der Waals surface area contributed by atoms with Crippen molar-refractivity contribution in [2.45, 2.75) is 5.75 Å². The first-order valence-electron chi connectivity index (χ1n) is 4.57. The van der Waals surface area contributed by atoms with Gasteiger partial charge < -0.3 is 9.84 Å². The lowest BCUT2D eigenvalue weighted by molar-refractivity contribution is 0.322. The molecule has 1 rings (SSSR count). The van der Waals surface area contributed by atoms with Crippen LogP contribution in [0.4, 0.5) is 0 Å². The van der Waals surface area contributed by atoms with Crippen LogP contribution in [0.3, 0.4) is 0 Å². The summed E-state index contributed by atoms with van der Waals surface area (Å²) in [5.41, 5.74) is 1.65. The first-order valence-corrected chi connectivity index (χ1v) is 5.73. The molecule has 0 aliphatic rings. The number of ether oxygens (including phenoxy) is 1. The molecule has 0 saturated heterocycles. The molecule has 0 amide bonds. The largest absolute Gasteiger partial charge is 0.495 e. The number of thioether (sulfide) groups is 1. The van der Waals surface area contributed by atoms with Gasteiger partial charge in [0.25, 0.3) is 0 Å². The van der Waals surface area contributed by atoms with E-state index in [1.807, 2.05) is 12.1 Å². The average Bonchev–Trinajstić information content (AvgIpc) is 2.29.